The van der Waals surface area contributed by atoms with Crippen LogP contribution in [0.2, 0.25) is 0 Å². The first kappa shape index (κ1) is 12.5. The van der Waals surface area contributed by atoms with Gasteiger partial charge in [-0.15, -0.1) is 0 Å². The predicted molar refractivity (Wildman–Crippen MR) is 63.2 cm³/mol. The number of anilines is 2. The SMILES string of the molecule is CC(=O)Nc1ccc(C(=O)O)c(NC(=N)N)c1. The Bertz CT molecular complexity index is 484. The van der Waals surface area contributed by atoms with E-state index in [1.54, 1.807) is 0 Å². The van der Waals surface area contributed by atoms with Crippen molar-refractivity contribution in [3.8, 4) is 0 Å². The minimum atomic E-state index is -1.15. The van der Waals surface area contributed by atoms with E-state index in [-0.39, 0.29) is 23.1 Å². The summed E-state index contributed by atoms with van der Waals surface area (Å²) in [5.74, 6) is -1.81. The summed E-state index contributed by atoms with van der Waals surface area (Å²) in [6.45, 7) is 1.34. The van der Waals surface area contributed by atoms with Gasteiger partial charge in [0.15, 0.2) is 5.96 Å². The van der Waals surface area contributed by atoms with Gasteiger partial charge in [0.1, 0.15) is 0 Å². The molecule has 0 spiro atoms. The van der Waals surface area contributed by atoms with Gasteiger partial charge in [0, 0.05) is 12.6 Å². The van der Waals surface area contributed by atoms with Gasteiger partial charge in [-0.3, -0.25) is 10.2 Å². The minimum Gasteiger partial charge on any atom is -0.478 e. The summed E-state index contributed by atoms with van der Waals surface area (Å²) in [5, 5.41) is 20.9. The molecule has 0 heterocycles. The zero-order valence-electron chi connectivity index (χ0n) is 9.07. The lowest BCUT2D eigenvalue weighted by Crippen LogP contribution is -2.22. The van der Waals surface area contributed by atoms with E-state index in [0.717, 1.165) is 0 Å². The van der Waals surface area contributed by atoms with Gasteiger partial charge < -0.3 is 21.5 Å². The third kappa shape index (κ3) is 3.49. The summed E-state index contributed by atoms with van der Waals surface area (Å²) in [6.07, 6.45) is 0. The second kappa shape index (κ2) is 4.97. The molecule has 0 aliphatic rings. The molecule has 7 heteroatoms. The highest BCUT2D eigenvalue weighted by Crippen LogP contribution is 2.21. The van der Waals surface area contributed by atoms with Crippen LogP contribution in [0.1, 0.15) is 17.3 Å². The summed E-state index contributed by atoms with van der Waals surface area (Å²) in [7, 11) is 0. The van der Waals surface area contributed by atoms with Crippen LogP contribution < -0.4 is 16.4 Å². The highest BCUT2D eigenvalue weighted by atomic mass is 16.4. The average molecular weight is 236 g/mol. The number of hydrogen-bond donors (Lipinski definition) is 5. The summed E-state index contributed by atoms with van der Waals surface area (Å²) in [4.78, 5) is 21.7. The van der Waals surface area contributed by atoms with Crippen molar-refractivity contribution < 1.29 is 14.7 Å². The van der Waals surface area contributed by atoms with E-state index in [1.165, 1.54) is 25.1 Å². The minimum absolute atomic E-state index is 0.0331. The molecular formula is C10H12N4O3. The molecule has 1 amide bonds. The van der Waals surface area contributed by atoms with Crippen LogP contribution in [-0.4, -0.2) is 22.9 Å². The maximum absolute atomic E-state index is 10.9. The van der Waals surface area contributed by atoms with Crippen molar-refractivity contribution in [1.29, 1.82) is 5.41 Å². The quantitative estimate of drug-likeness (QED) is 0.388. The molecule has 0 atom stereocenters. The predicted octanol–water partition coefficient (Wildman–Crippen LogP) is 0.649. The Morgan fingerprint density at radius 2 is 2.00 bits per heavy atom. The Balaban J connectivity index is 3.13. The molecule has 0 radical (unpaired) electrons. The molecule has 0 saturated carbocycles. The molecule has 0 fully saturated rings. The standard InChI is InChI=1S/C10H12N4O3/c1-5(15)13-6-2-3-7(9(16)17)8(4-6)14-10(11)12/h2-4H,1H3,(H,13,15)(H,16,17)(H4,11,12,14). The van der Waals surface area contributed by atoms with Crippen LogP contribution in [0.15, 0.2) is 18.2 Å². The van der Waals surface area contributed by atoms with Crippen LogP contribution in [-0.2, 0) is 4.79 Å². The van der Waals surface area contributed by atoms with Crippen LogP contribution in [0.5, 0.6) is 0 Å². The van der Waals surface area contributed by atoms with Crippen LogP contribution >= 0.6 is 0 Å². The number of benzene rings is 1. The highest BCUT2D eigenvalue weighted by molar-refractivity contribution is 6.01. The number of rotatable bonds is 3. The molecule has 1 rings (SSSR count). The number of carboxylic acid groups (broad SMARTS) is 1. The van der Waals surface area contributed by atoms with Crippen LogP contribution in [0.3, 0.4) is 0 Å². The first-order chi connectivity index (χ1) is 7.90. The number of nitrogens with two attached hydrogens (primary N) is 1. The Labute approximate surface area is 97.1 Å². The number of carbonyl (C=O) groups is 2. The molecule has 0 bridgehead atoms. The molecule has 0 aliphatic heterocycles. The maximum Gasteiger partial charge on any atom is 0.337 e. The molecule has 0 aliphatic carbocycles. The van der Waals surface area contributed by atoms with E-state index in [9.17, 15) is 9.59 Å². The lowest BCUT2D eigenvalue weighted by molar-refractivity contribution is -0.114. The molecule has 1 aromatic rings. The van der Waals surface area contributed by atoms with Crippen molar-refractivity contribution in [2.75, 3.05) is 10.6 Å². The summed E-state index contributed by atoms with van der Waals surface area (Å²) in [5.41, 5.74) is 5.68. The molecule has 0 aromatic heterocycles. The smallest absolute Gasteiger partial charge is 0.337 e. The van der Waals surface area contributed by atoms with Gasteiger partial charge in [0.2, 0.25) is 5.91 Å². The molecule has 0 unspecified atom stereocenters. The topological polar surface area (TPSA) is 128 Å². The number of carbonyl (C=O) groups excluding carboxylic acids is 1. The van der Waals surface area contributed by atoms with Crippen molar-refractivity contribution in [1.82, 2.24) is 0 Å². The monoisotopic (exact) mass is 236 g/mol. The van der Waals surface area contributed by atoms with Gasteiger partial charge in [-0.25, -0.2) is 4.79 Å². The lowest BCUT2D eigenvalue weighted by Gasteiger charge is -2.10. The lowest BCUT2D eigenvalue weighted by atomic mass is 10.1. The second-order valence-electron chi connectivity index (χ2n) is 3.29. The number of nitrogens with one attached hydrogen (secondary N) is 3. The molecule has 1 aromatic carbocycles. The average Bonchev–Trinajstić information content (AvgIpc) is 2.15. The number of aromatic carboxylic acids is 1. The van der Waals surface area contributed by atoms with Crippen LogP contribution in [0, 0.1) is 5.41 Å². The van der Waals surface area contributed by atoms with Crippen LogP contribution in [0.4, 0.5) is 11.4 Å². The van der Waals surface area contributed by atoms with Crippen molar-refractivity contribution in [2.24, 2.45) is 5.73 Å². The highest BCUT2D eigenvalue weighted by Gasteiger charge is 2.11. The Hall–Kier alpha value is -2.57. The van der Waals surface area contributed by atoms with Crippen LogP contribution in [0.25, 0.3) is 0 Å². The Kier molecular flexibility index (Phi) is 3.66. The van der Waals surface area contributed by atoms with Gasteiger partial charge in [-0.2, -0.15) is 0 Å². The number of hydrogen-bond acceptors (Lipinski definition) is 3. The fraction of sp³-hybridized carbons (Fsp3) is 0.100. The first-order valence-corrected chi connectivity index (χ1v) is 4.66. The molecule has 90 valence electrons. The molecule has 0 saturated heterocycles. The van der Waals surface area contributed by atoms with Gasteiger partial charge in [-0.1, -0.05) is 0 Å². The van der Waals surface area contributed by atoms with Crippen molar-refractivity contribution in [3.05, 3.63) is 23.8 Å². The van der Waals surface area contributed by atoms with Gasteiger partial charge in [0.25, 0.3) is 0 Å². The van der Waals surface area contributed by atoms with Crippen molar-refractivity contribution in [3.63, 3.8) is 0 Å². The van der Waals surface area contributed by atoms with E-state index in [0.29, 0.717) is 5.69 Å². The summed E-state index contributed by atoms with van der Waals surface area (Å²) < 4.78 is 0. The number of guanidine groups is 1. The van der Waals surface area contributed by atoms with E-state index in [4.69, 9.17) is 16.2 Å². The number of carboxylic acids is 1. The van der Waals surface area contributed by atoms with E-state index < -0.39 is 5.97 Å². The third-order valence-electron chi connectivity index (χ3n) is 1.84. The molecule has 17 heavy (non-hydrogen) atoms. The Morgan fingerprint density at radius 1 is 1.35 bits per heavy atom. The summed E-state index contributed by atoms with van der Waals surface area (Å²) in [6, 6.07) is 4.17. The van der Waals surface area contributed by atoms with Crippen molar-refractivity contribution >= 4 is 29.2 Å². The fourth-order valence-electron chi connectivity index (χ4n) is 1.26. The van der Waals surface area contributed by atoms with Gasteiger partial charge >= 0.3 is 5.97 Å². The maximum atomic E-state index is 10.9. The Morgan fingerprint density at radius 3 is 2.47 bits per heavy atom. The van der Waals surface area contributed by atoms with Gasteiger partial charge in [-0.05, 0) is 18.2 Å². The molecular weight excluding hydrogens is 224 g/mol. The first-order valence-electron chi connectivity index (χ1n) is 4.66. The fourth-order valence-corrected chi connectivity index (χ4v) is 1.26. The molecule has 7 nitrogen and oxygen atoms in total. The molecule has 6 N–H and O–H groups in total. The summed E-state index contributed by atoms with van der Waals surface area (Å²) >= 11 is 0. The largest absolute Gasteiger partial charge is 0.478 e. The van der Waals surface area contributed by atoms with Gasteiger partial charge in [0.05, 0.1) is 11.3 Å². The van der Waals surface area contributed by atoms with E-state index >= 15 is 0 Å². The van der Waals surface area contributed by atoms with E-state index in [1.807, 2.05) is 0 Å². The zero-order chi connectivity index (χ0) is 13.0. The van der Waals surface area contributed by atoms with E-state index in [2.05, 4.69) is 10.6 Å². The second-order valence-corrected chi connectivity index (χ2v) is 3.29. The normalized spacial score (nSPS) is 9.47. The number of amides is 1. The van der Waals surface area contributed by atoms with Crippen molar-refractivity contribution in [2.45, 2.75) is 6.92 Å². The zero-order valence-corrected chi connectivity index (χ0v) is 9.07. The third-order valence-corrected chi connectivity index (χ3v) is 1.84.